The third kappa shape index (κ3) is 2.20. The van der Waals surface area contributed by atoms with E-state index >= 15 is 0 Å². The lowest BCUT2D eigenvalue weighted by molar-refractivity contribution is 0.291. The number of anilines is 2. The lowest BCUT2D eigenvalue weighted by Crippen LogP contribution is -2.50. The van der Waals surface area contributed by atoms with Gasteiger partial charge < -0.3 is 25.8 Å². The van der Waals surface area contributed by atoms with Crippen molar-refractivity contribution in [1.82, 2.24) is 5.43 Å². The molecule has 0 fully saturated rings. The summed E-state index contributed by atoms with van der Waals surface area (Å²) in [5, 5.41) is 34.2. The maximum atomic E-state index is 12.3. The zero-order valence-corrected chi connectivity index (χ0v) is 11.0. The number of aliphatic imine (C=N–C) groups is 1. The van der Waals surface area contributed by atoms with Gasteiger partial charge in [0.05, 0.1) is 11.4 Å². The molecule has 1 aliphatic heterocycles. The fourth-order valence-electron chi connectivity index (χ4n) is 2.59. The van der Waals surface area contributed by atoms with Crippen LogP contribution < -0.4 is 15.7 Å². The molecule has 0 amide bonds. The van der Waals surface area contributed by atoms with Crippen LogP contribution in [0.25, 0.3) is 0 Å². The summed E-state index contributed by atoms with van der Waals surface area (Å²) in [4.78, 5) is 4.01. The van der Waals surface area contributed by atoms with E-state index in [4.69, 9.17) is 5.11 Å². The number of fused-ring (bicyclic) bond motifs is 2. The van der Waals surface area contributed by atoms with Crippen molar-refractivity contribution in [3.63, 3.8) is 0 Å². The zero-order valence-electron chi connectivity index (χ0n) is 11.0. The van der Waals surface area contributed by atoms with Gasteiger partial charge in [0.2, 0.25) is 5.96 Å². The third-order valence-electron chi connectivity index (χ3n) is 3.60. The van der Waals surface area contributed by atoms with E-state index in [1.807, 2.05) is 0 Å². The monoisotopic (exact) mass is 276 g/mol. The number of aryl methyl sites for hydroxylation is 2. The molecule has 0 bridgehead atoms. The minimum atomic E-state index is -0.0288. The van der Waals surface area contributed by atoms with Gasteiger partial charge in [-0.05, 0) is 48.9 Å². The quantitative estimate of drug-likeness (QED) is 0.801. The average molecular weight is 276 g/mol. The van der Waals surface area contributed by atoms with Gasteiger partial charge in [0.1, 0.15) is 0 Å². The Hall–Kier alpha value is -1.83. The van der Waals surface area contributed by atoms with Crippen LogP contribution in [0.4, 0.5) is 11.4 Å². The second-order valence-electron chi connectivity index (χ2n) is 4.95. The van der Waals surface area contributed by atoms with Crippen LogP contribution in [0.5, 0.6) is 0 Å². The standard InChI is InChI=1S/C13H16N4O3/c18-6-2-5-14-13-15-17(20)12-8-10-4-1-3-9(10)7-11(12)16(13)19/h7-8,18H,1-6H2,(H,14,15)/q-2. The molecule has 0 saturated carbocycles. The molecule has 2 aliphatic rings. The molecule has 0 unspecified atom stereocenters. The van der Waals surface area contributed by atoms with Crippen molar-refractivity contribution in [1.29, 1.82) is 0 Å². The molecule has 1 aliphatic carbocycles. The van der Waals surface area contributed by atoms with E-state index in [-0.39, 0.29) is 12.6 Å². The first-order chi connectivity index (χ1) is 9.70. The van der Waals surface area contributed by atoms with E-state index in [1.54, 1.807) is 12.1 Å². The van der Waals surface area contributed by atoms with Gasteiger partial charge in [0, 0.05) is 13.2 Å². The van der Waals surface area contributed by atoms with Crippen molar-refractivity contribution in [2.24, 2.45) is 4.99 Å². The van der Waals surface area contributed by atoms with Gasteiger partial charge in [0.25, 0.3) is 0 Å². The lowest BCUT2D eigenvalue weighted by Gasteiger charge is -2.46. The van der Waals surface area contributed by atoms with Crippen LogP contribution >= 0.6 is 0 Å². The van der Waals surface area contributed by atoms with Crippen LogP contribution in [0.15, 0.2) is 17.1 Å². The SMILES string of the molecule is [O-]N1NC(=NCCCO)N([O-])c2cc3c(cc21)CCC3. The Bertz CT molecular complexity index is 547. The molecule has 3 rings (SSSR count). The predicted octanol–water partition coefficient (Wildman–Crippen LogP) is 1.04. The van der Waals surface area contributed by atoms with Gasteiger partial charge in [-0.1, -0.05) is 0 Å². The molecule has 0 saturated heterocycles. The maximum absolute atomic E-state index is 12.3. The number of aliphatic hydroxyl groups excluding tert-OH is 1. The zero-order chi connectivity index (χ0) is 14.1. The smallest absolute Gasteiger partial charge is 0.206 e. The Morgan fingerprint density at radius 1 is 1.20 bits per heavy atom. The largest absolute Gasteiger partial charge is 0.752 e. The number of hydroxylamine groups is 1. The lowest BCUT2D eigenvalue weighted by atomic mass is 10.1. The van der Waals surface area contributed by atoms with Crippen LogP contribution in [-0.2, 0) is 12.8 Å². The van der Waals surface area contributed by atoms with Crippen LogP contribution in [0.3, 0.4) is 0 Å². The highest BCUT2D eigenvalue weighted by Gasteiger charge is 2.21. The second kappa shape index (κ2) is 5.28. The highest BCUT2D eigenvalue weighted by molar-refractivity contribution is 6.04. The topological polar surface area (TPSA) is 97.2 Å². The first kappa shape index (κ1) is 13.2. The number of nitrogens with one attached hydrogen (secondary N) is 1. The molecule has 0 atom stereocenters. The van der Waals surface area contributed by atoms with Gasteiger partial charge in [-0.25, -0.2) is 0 Å². The van der Waals surface area contributed by atoms with Crippen LogP contribution in [0.2, 0.25) is 0 Å². The van der Waals surface area contributed by atoms with Crippen LogP contribution in [-0.4, -0.2) is 24.2 Å². The third-order valence-corrected chi connectivity index (χ3v) is 3.60. The minimum Gasteiger partial charge on any atom is -0.752 e. The minimum absolute atomic E-state index is 0.000815. The van der Waals surface area contributed by atoms with E-state index in [1.165, 1.54) is 0 Å². The molecule has 0 radical (unpaired) electrons. The summed E-state index contributed by atoms with van der Waals surface area (Å²) in [7, 11) is 0. The molecular weight excluding hydrogens is 260 g/mol. The number of hydrogen-bond acceptors (Lipinski definition) is 5. The fraction of sp³-hybridized carbons (Fsp3) is 0.462. The van der Waals surface area contributed by atoms with Gasteiger partial charge in [-0.15, -0.1) is 0 Å². The highest BCUT2D eigenvalue weighted by Crippen LogP contribution is 2.37. The summed E-state index contributed by atoms with van der Waals surface area (Å²) >= 11 is 0. The molecule has 7 nitrogen and oxygen atoms in total. The molecule has 0 spiro atoms. The van der Waals surface area contributed by atoms with E-state index in [2.05, 4.69) is 10.4 Å². The summed E-state index contributed by atoms with van der Waals surface area (Å²) < 4.78 is 0. The molecule has 20 heavy (non-hydrogen) atoms. The highest BCUT2D eigenvalue weighted by atomic mass is 16.6. The average Bonchev–Trinajstić information content (AvgIpc) is 2.90. The molecule has 1 aromatic rings. The number of nitrogens with zero attached hydrogens (tertiary/aromatic N) is 3. The molecule has 1 aromatic carbocycles. The molecular formula is C13H16N4O3-2. The number of benzene rings is 1. The van der Waals surface area contributed by atoms with E-state index in [0.717, 1.165) is 30.4 Å². The Balaban J connectivity index is 1.93. The Morgan fingerprint density at radius 3 is 2.60 bits per heavy atom. The summed E-state index contributed by atoms with van der Waals surface area (Å²) in [6, 6.07) is 3.57. The van der Waals surface area contributed by atoms with Crippen molar-refractivity contribution in [3.05, 3.63) is 33.7 Å². The van der Waals surface area contributed by atoms with E-state index in [9.17, 15) is 10.4 Å². The first-order valence-corrected chi connectivity index (χ1v) is 6.73. The molecule has 2 N–H and O–H groups in total. The summed E-state index contributed by atoms with van der Waals surface area (Å²) in [6.07, 6.45) is 3.40. The van der Waals surface area contributed by atoms with Gasteiger partial charge >= 0.3 is 0 Å². The summed E-state index contributed by atoms with van der Waals surface area (Å²) in [6.45, 7) is 0.298. The molecule has 7 heteroatoms. The van der Waals surface area contributed by atoms with Crippen molar-refractivity contribution < 1.29 is 5.11 Å². The fourth-order valence-corrected chi connectivity index (χ4v) is 2.59. The number of rotatable bonds is 3. The summed E-state index contributed by atoms with van der Waals surface area (Å²) in [5.41, 5.74) is 5.38. The number of hydrogen-bond donors (Lipinski definition) is 2. The van der Waals surface area contributed by atoms with E-state index in [0.29, 0.717) is 34.6 Å². The Labute approximate surface area is 116 Å². The summed E-state index contributed by atoms with van der Waals surface area (Å²) in [5.74, 6) is -0.0288. The second-order valence-corrected chi connectivity index (χ2v) is 4.95. The van der Waals surface area contributed by atoms with Crippen molar-refractivity contribution >= 4 is 17.3 Å². The van der Waals surface area contributed by atoms with Crippen molar-refractivity contribution in [2.45, 2.75) is 25.7 Å². The number of hydrazine groups is 1. The van der Waals surface area contributed by atoms with Crippen LogP contribution in [0.1, 0.15) is 24.0 Å². The van der Waals surface area contributed by atoms with E-state index < -0.39 is 0 Å². The molecule has 108 valence electrons. The van der Waals surface area contributed by atoms with Gasteiger partial charge in [0.15, 0.2) is 0 Å². The maximum Gasteiger partial charge on any atom is 0.206 e. The van der Waals surface area contributed by atoms with Crippen molar-refractivity contribution in [3.8, 4) is 0 Å². The van der Waals surface area contributed by atoms with Crippen LogP contribution in [0, 0.1) is 10.4 Å². The van der Waals surface area contributed by atoms with Crippen molar-refractivity contribution in [2.75, 3.05) is 23.4 Å². The molecule has 0 aromatic heterocycles. The molecule has 1 heterocycles. The normalized spacial score (nSPS) is 19.1. The van der Waals surface area contributed by atoms with Gasteiger partial charge in [-0.2, -0.15) is 0 Å². The number of aliphatic hydroxyl groups is 1. The predicted molar refractivity (Wildman–Crippen MR) is 77.3 cm³/mol. The Morgan fingerprint density at radius 2 is 1.90 bits per heavy atom. The first-order valence-electron chi connectivity index (χ1n) is 6.73. The van der Waals surface area contributed by atoms with Gasteiger partial charge in [-0.3, -0.25) is 10.4 Å². The number of guanidine groups is 1. The Kier molecular flexibility index (Phi) is 3.47.